The predicted molar refractivity (Wildman–Crippen MR) is 150 cm³/mol. The van der Waals surface area contributed by atoms with Crippen molar-refractivity contribution in [3.05, 3.63) is 94.5 Å². The van der Waals surface area contributed by atoms with Gasteiger partial charge in [-0.05, 0) is 79.8 Å². The molecule has 6 nitrogen and oxygen atoms in total. The van der Waals surface area contributed by atoms with Crippen molar-refractivity contribution in [2.45, 2.75) is 13.5 Å². The quantitative estimate of drug-likeness (QED) is 0.196. The Morgan fingerprint density at radius 1 is 1.08 bits per heavy atom. The number of aromatic nitrogens is 1. The lowest BCUT2D eigenvalue weighted by Crippen LogP contribution is -2.30. The second kappa shape index (κ2) is 10.7. The maximum absolute atomic E-state index is 13.9. The summed E-state index contributed by atoms with van der Waals surface area (Å²) < 4.78 is 28.0. The fraction of sp³-hybridized carbons (Fsp3) is 0.143. The van der Waals surface area contributed by atoms with Gasteiger partial charge in [-0.25, -0.2) is 4.39 Å². The Hall–Kier alpha value is -3.69. The number of hydrogen-bond acceptors (Lipinski definition) is 4. The van der Waals surface area contributed by atoms with E-state index in [0.29, 0.717) is 29.6 Å². The van der Waals surface area contributed by atoms with Gasteiger partial charge in [0.25, 0.3) is 5.91 Å². The van der Waals surface area contributed by atoms with Gasteiger partial charge in [0, 0.05) is 27.1 Å². The number of halogens is 2. The van der Waals surface area contributed by atoms with Gasteiger partial charge in [0.15, 0.2) is 16.7 Å². The van der Waals surface area contributed by atoms with Crippen LogP contribution in [0.25, 0.3) is 17.0 Å². The van der Waals surface area contributed by atoms with Crippen LogP contribution in [0, 0.1) is 5.82 Å². The molecule has 4 aromatic rings. The summed E-state index contributed by atoms with van der Waals surface area (Å²) in [7, 11) is 0. The molecule has 188 valence electrons. The Bertz CT molecular complexity index is 1520. The lowest BCUT2D eigenvalue weighted by molar-refractivity contribution is -0.113. The van der Waals surface area contributed by atoms with Crippen molar-refractivity contribution in [3.63, 3.8) is 0 Å². The maximum Gasteiger partial charge on any atom is 0.281 e. The van der Waals surface area contributed by atoms with Crippen LogP contribution in [0.15, 0.2) is 83.1 Å². The third-order valence-electron chi connectivity index (χ3n) is 5.88. The lowest BCUT2D eigenvalue weighted by atomic mass is 10.1. The second-order valence-electron chi connectivity index (χ2n) is 8.27. The molecule has 0 radical (unpaired) electrons. The first-order chi connectivity index (χ1) is 17.9. The predicted octanol–water partition coefficient (Wildman–Crippen LogP) is 6.28. The number of carbonyl (C=O) groups excluding carboxylic acids is 1. The van der Waals surface area contributed by atoms with Crippen LogP contribution in [0.3, 0.4) is 0 Å². The van der Waals surface area contributed by atoms with E-state index >= 15 is 0 Å². The first-order valence-corrected chi connectivity index (χ1v) is 12.9. The zero-order valence-corrected chi connectivity index (χ0v) is 22.3. The number of nitrogens with zero attached hydrogens (tertiary/aromatic N) is 2. The van der Waals surface area contributed by atoms with Crippen LogP contribution < -0.4 is 19.7 Å². The molecule has 1 amide bonds. The molecule has 5 rings (SSSR count). The van der Waals surface area contributed by atoms with Crippen LogP contribution in [0.4, 0.5) is 10.1 Å². The smallest absolute Gasteiger partial charge is 0.281 e. The van der Waals surface area contributed by atoms with Gasteiger partial charge in [0.05, 0.1) is 18.8 Å². The van der Waals surface area contributed by atoms with Crippen molar-refractivity contribution < 1.29 is 18.7 Å². The molecule has 1 saturated heterocycles. The molecule has 0 atom stereocenters. The fourth-order valence-corrected chi connectivity index (χ4v) is 4.86. The van der Waals surface area contributed by atoms with Gasteiger partial charge in [0.2, 0.25) is 0 Å². The normalized spacial score (nSPS) is 14.5. The van der Waals surface area contributed by atoms with E-state index < -0.39 is 5.82 Å². The molecule has 0 aliphatic carbocycles. The SMILES string of the molecule is CCOc1ccc(N2C(=O)/C(=C/c3cn(CCOc4ccccc4F)c4ccc(Br)cc34)NC2=S)cc1. The summed E-state index contributed by atoms with van der Waals surface area (Å²) in [5.41, 5.74) is 2.84. The molecule has 0 saturated carbocycles. The van der Waals surface area contributed by atoms with Crippen molar-refractivity contribution in [1.29, 1.82) is 0 Å². The number of para-hydroxylation sites is 1. The van der Waals surface area contributed by atoms with Gasteiger partial charge >= 0.3 is 0 Å². The van der Waals surface area contributed by atoms with E-state index in [9.17, 15) is 9.18 Å². The third-order valence-corrected chi connectivity index (χ3v) is 6.66. The standard InChI is InChI=1S/C28H23BrFN3O3S/c1-2-35-21-10-8-20(9-11-21)33-27(34)24(31-28(33)37)15-18-17-32(25-12-7-19(29)16-22(18)25)13-14-36-26-6-4-3-5-23(26)30/h3-12,15-17H,2,13-14H2,1H3,(H,31,37)/b24-15-. The molecule has 1 N–H and O–H groups in total. The van der Waals surface area contributed by atoms with Crippen LogP contribution in [0.1, 0.15) is 12.5 Å². The molecular weight excluding hydrogens is 557 g/mol. The molecule has 0 unspecified atom stereocenters. The number of ether oxygens (including phenoxy) is 2. The average molecular weight is 580 g/mol. The monoisotopic (exact) mass is 579 g/mol. The van der Waals surface area contributed by atoms with Gasteiger partial charge in [-0.2, -0.15) is 0 Å². The number of hydrogen-bond donors (Lipinski definition) is 1. The van der Waals surface area contributed by atoms with Gasteiger partial charge in [-0.15, -0.1) is 0 Å². The Morgan fingerprint density at radius 3 is 2.62 bits per heavy atom. The Morgan fingerprint density at radius 2 is 1.86 bits per heavy atom. The second-order valence-corrected chi connectivity index (χ2v) is 9.58. The minimum absolute atomic E-state index is 0.215. The van der Waals surface area contributed by atoms with E-state index in [1.54, 1.807) is 36.4 Å². The number of rotatable bonds is 8. The zero-order chi connectivity index (χ0) is 25.9. The minimum Gasteiger partial charge on any atom is -0.494 e. The highest BCUT2D eigenvalue weighted by molar-refractivity contribution is 9.10. The maximum atomic E-state index is 13.9. The summed E-state index contributed by atoms with van der Waals surface area (Å²) in [4.78, 5) is 14.8. The molecule has 3 aromatic carbocycles. The third kappa shape index (κ3) is 5.23. The molecule has 9 heteroatoms. The van der Waals surface area contributed by atoms with E-state index in [1.807, 2.05) is 48.0 Å². The number of benzene rings is 3. The summed E-state index contributed by atoms with van der Waals surface area (Å²) >= 11 is 9.02. The highest BCUT2D eigenvalue weighted by Gasteiger charge is 2.32. The van der Waals surface area contributed by atoms with Gasteiger partial charge in [-0.3, -0.25) is 9.69 Å². The fourth-order valence-electron chi connectivity index (χ4n) is 4.20. The molecule has 0 bridgehead atoms. The summed E-state index contributed by atoms with van der Waals surface area (Å²) in [6.45, 7) is 3.25. The highest BCUT2D eigenvalue weighted by Crippen LogP contribution is 2.29. The summed E-state index contributed by atoms with van der Waals surface area (Å²) in [6.07, 6.45) is 3.75. The van der Waals surface area contributed by atoms with Crippen LogP contribution in [0.5, 0.6) is 11.5 Å². The zero-order valence-electron chi connectivity index (χ0n) is 19.9. The largest absolute Gasteiger partial charge is 0.494 e. The minimum atomic E-state index is -0.395. The number of amides is 1. The van der Waals surface area contributed by atoms with Crippen molar-refractivity contribution in [2.75, 3.05) is 18.1 Å². The summed E-state index contributed by atoms with van der Waals surface area (Å²) in [6, 6.07) is 19.5. The number of anilines is 1. The Balaban J connectivity index is 1.41. The lowest BCUT2D eigenvalue weighted by Gasteiger charge is -2.14. The van der Waals surface area contributed by atoms with E-state index in [1.165, 1.54) is 11.0 Å². The van der Waals surface area contributed by atoms with Crippen molar-refractivity contribution in [3.8, 4) is 11.5 Å². The highest BCUT2D eigenvalue weighted by atomic mass is 79.9. The molecule has 1 aliphatic heterocycles. The van der Waals surface area contributed by atoms with Gasteiger partial charge in [-0.1, -0.05) is 28.1 Å². The molecule has 37 heavy (non-hydrogen) atoms. The van der Waals surface area contributed by atoms with Crippen molar-refractivity contribution >= 4 is 61.8 Å². The van der Waals surface area contributed by atoms with E-state index in [4.69, 9.17) is 21.7 Å². The van der Waals surface area contributed by atoms with Crippen molar-refractivity contribution in [2.24, 2.45) is 0 Å². The first kappa shape index (κ1) is 25.0. The van der Waals surface area contributed by atoms with E-state index in [0.717, 1.165) is 26.7 Å². The first-order valence-electron chi connectivity index (χ1n) is 11.7. The number of fused-ring (bicyclic) bond motifs is 1. The molecule has 0 spiro atoms. The topological polar surface area (TPSA) is 55.7 Å². The van der Waals surface area contributed by atoms with E-state index in [2.05, 4.69) is 21.2 Å². The summed E-state index contributed by atoms with van der Waals surface area (Å²) in [5, 5.41) is 4.31. The average Bonchev–Trinajstić information content (AvgIpc) is 3.36. The Kier molecular flexibility index (Phi) is 7.25. The van der Waals surface area contributed by atoms with Crippen LogP contribution in [-0.4, -0.2) is 28.8 Å². The molecule has 1 aliphatic rings. The number of thiocarbonyl (C=S) groups is 1. The Labute approximate surface area is 227 Å². The van der Waals surface area contributed by atoms with Crippen LogP contribution in [0.2, 0.25) is 0 Å². The number of nitrogens with one attached hydrogen (secondary N) is 1. The molecule has 1 fully saturated rings. The summed E-state index contributed by atoms with van der Waals surface area (Å²) in [5.74, 6) is 0.304. The van der Waals surface area contributed by atoms with Crippen molar-refractivity contribution in [1.82, 2.24) is 9.88 Å². The molecular formula is C28H23BrFN3O3S. The van der Waals surface area contributed by atoms with E-state index in [-0.39, 0.29) is 18.3 Å². The van der Waals surface area contributed by atoms with Crippen LogP contribution >= 0.6 is 28.1 Å². The van der Waals surface area contributed by atoms with Gasteiger partial charge in [0.1, 0.15) is 18.1 Å². The van der Waals surface area contributed by atoms with Crippen LogP contribution in [-0.2, 0) is 11.3 Å². The van der Waals surface area contributed by atoms with Gasteiger partial charge < -0.3 is 19.4 Å². The molecule has 1 aromatic heterocycles. The number of carbonyl (C=O) groups is 1. The molecule has 2 heterocycles.